The van der Waals surface area contributed by atoms with E-state index in [0.29, 0.717) is 6.42 Å². The van der Waals surface area contributed by atoms with E-state index in [0.717, 1.165) is 6.29 Å². The number of hydrogen-bond donors (Lipinski definition) is 0. The number of rotatable bonds is 5. The third-order valence-corrected chi connectivity index (χ3v) is 11.4. The second-order valence-corrected chi connectivity index (χ2v) is 13.2. The Hall–Kier alpha value is -1.25. The Morgan fingerprint density at radius 2 is 1.81 bits per heavy atom. The maximum absolute atomic E-state index is 13.1. The molecule has 1 amide bonds. The van der Waals surface area contributed by atoms with Crippen LogP contribution in [0, 0.1) is 11.8 Å². The monoisotopic (exact) mass is 397 g/mol. The van der Waals surface area contributed by atoms with Crippen LogP contribution in [-0.4, -0.2) is 62.5 Å². The highest BCUT2D eigenvalue weighted by Crippen LogP contribution is 2.60. The van der Waals surface area contributed by atoms with Crippen molar-refractivity contribution >= 4 is 26.7 Å². The molecule has 3 rings (SSSR count). The summed E-state index contributed by atoms with van der Waals surface area (Å²) in [7, 11) is -1.13. The van der Waals surface area contributed by atoms with Gasteiger partial charge >= 0.3 is 14.5 Å². The molecule has 0 saturated carbocycles. The minimum absolute atomic E-state index is 0.0902. The van der Waals surface area contributed by atoms with Crippen LogP contribution in [-0.2, 0) is 28.0 Å². The maximum Gasteiger partial charge on any atom is 0.344 e. The van der Waals surface area contributed by atoms with Gasteiger partial charge in [-0.25, -0.2) is 4.79 Å². The molecule has 1 unspecified atom stereocenters. The van der Waals surface area contributed by atoms with E-state index in [9.17, 15) is 14.4 Å². The van der Waals surface area contributed by atoms with E-state index in [-0.39, 0.29) is 29.5 Å². The van der Waals surface area contributed by atoms with Crippen molar-refractivity contribution in [1.82, 2.24) is 4.90 Å². The van der Waals surface area contributed by atoms with Crippen molar-refractivity contribution in [3.8, 4) is 0 Å². The maximum atomic E-state index is 13.1. The number of carbonyl (C=O) groups excluding carboxylic acids is 3. The van der Waals surface area contributed by atoms with Crippen LogP contribution in [0.15, 0.2) is 0 Å². The zero-order valence-electron chi connectivity index (χ0n) is 17.3. The molecule has 0 radical (unpaired) electrons. The third-order valence-electron chi connectivity index (χ3n) is 6.89. The molecule has 7 nitrogen and oxygen atoms in total. The van der Waals surface area contributed by atoms with Crippen molar-refractivity contribution in [2.24, 2.45) is 11.8 Å². The smallest absolute Gasteiger partial charge is 0.344 e. The highest BCUT2D eigenvalue weighted by atomic mass is 28.4. The molecule has 0 spiro atoms. The fraction of sp³-hybridized carbons (Fsp3) is 0.842. The second-order valence-electron chi connectivity index (χ2n) is 8.94. The number of likely N-dealkylation sites (tertiary alicyclic amines) is 1. The van der Waals surface area contributed by atoms with Crippen LogP contribution in [0.5, 0.6) is 0 Å². The Balaban J connectivity index is 2.20. The number of carbonyl (C=O) groups is 3. The van der Waals surface area contributed by atoms with E-state index in [4.69, 9.17) is 13.6 Å². The van der Waals surface area contributed by atoms with Gasteiger partial charge in [0.1, 0.15) is 18.0 Å². The summed E-state index contributed by atoms with van der Waals surface area (Å²) in [6.45, 7) is 12.0. The molecule has 152 valence electrons. The molecule has 3 saturated heterocycles. The van der Waals surface area contributed by atoms with Crippen LogP contribution in [0.3, 0.4) is 0 Å². The van der Waals surface area contributed by atoms with Gasteiger partial charge in [-0.2, -0.15) is 0 Å². The molecule has 3 aliphatic heterocycles. The van der Waals surface area contributed by atoms with Crippen LogP contribution < -0.4 is 0 Å². The van der Waals surface area contributed by atoms with E-state index in [2.05, 4.69) is 27.7 Å². The van der Waals surface area contributed by atoms with E-state index < -0.39 is 37.7 Å². The predicted octanol–water partition coefficient (Wildman–Crippen LogP) is 2.03. The van der Waals surface area contributed by atoms with Gasteiger partial charge in [-0.05, 0) is 17.5 Å². The van der Waals surface area contributed by atoms with Crippen molar-refractivity contribution in [3.63, 3.8) is 0 Å². The average molecular weight is 398 g/mol. The van der Waals surface area contributed by atoms with Crippen LogP contribution in [0.25, 0.3) is 0 Å². The molecule has 3 aliphatic rings. The number of esters is 1. The van der Waals surface area contributed by atoms with Gasteiger partial charge in [-0.1, -0.05) is 41.5 Å². The lowest BCUT2D eigenvalue weighted by molar-refractivity contribution is -0.158. The number of cyclic esters (lactones) is 1. The fourth-order valence-corrected chi connectivity index (χ4v) is 9.28. The van der Waals surface area contributed by atoms with Gasteiger partial charge in [-0.15, -0.1) is 0 Å². The Morgan fingerprint density at radius 1 is 1.22 bits per heavy atom. The van der Waals surface area contributed by atoms with Gasteiger partial charge in [0.25, 0.3) is 0 Å². The predicted molar refractivity (Wildman–Crippen MR) is 100 cm³/mol. The average Bonchev–Trinajstić information content (AvgIpc) is 2.96. The van der Waals surface area contributed by atoms with Crippen LogP contribution in [0.1, 0.15) is 48.0 Å². The molecule has 3 heterocycles. The Kier molecular flexibility index (Phi) is 4.84. The first-order valence-electron chi connectivity index (χ1n) is 9.79. The molecule has 5 atom stereocenters. The lowest BCUT2D eigenvalue weighted by atomic mass is 9.72. The summed E-state index contributed by atoms with van der Waals surface area (Å²) in [5, 5.41) is 0. The fourth-order valence-electron chi connectivity index (χ4n) is 5.31. The molecule has 0 aromatic heterocycles. The molecule has 3 fully saturated rings. The van der Waals surface area contributed by atoms with Gasteiger partial charge in [0.15, 0.2) is 5.54 Å². The number of aldehydes is 1. The normalized spacial score (nSPS) is 38.8. The first kappa shape index (κ1) is 20.5. The van der Waals surface area contributed by atoms with E-state index in [1.165, 1.54) is 4.90 Å². The largest absolute Gasteiger partial charge is 0.457 e. The molecule has 8 heteroatoms. The van der Waals surface area contributed by atoms with E-state index in [1.807, 2.05) is 6.92 Å². The standard InChI is InChI=1S/C19H31NO6Si/c1-11(2)27(12(3)4)24-10-18-17(23)25-15(8-13(5)9-21)19(18,26-27)14(6)16(22)20(18)7/h9,11-15H,8,10H2,1-7H3/t13-,14+,15+,18?,19-/m1/s1. The Labute approximate surface area is 162 Å². The van der Waals surface area contributed by atoms with E-state index in [1.54, 1.807) is 14.0 Å². The zero-order valence-corrected chi connectivity index (χ0v) is 18.3. The number of likely N-dealkylation sites (N-methyl/N-ethyl adjacent to an activating group) is 1. The van der Waals surface area contributed by atoms with Crippen molar-refractivity contribution < 1.29 is 28.0 Å². The quantitative estimate of drug-likeness (QED) is 0.401. The molecule has 27 heavy (non-hydrogen) atoms. The van der Waals surface area contributed by atoms with Crippen LogP contribution in [0.4, 0.5) is 0 Å². The SMILES string of the molecule is CC(C)[Si]1(C(C)C)OCC23C(=O)O[C@@H](C[C@@H](C)C=O)[C@]2(O1)[C@@H](C)C(=O)N3C. The molecule has 0 aliphatic carbocycles. The molecular weight excluding hydrogens is 366 g/mol. The lowest BCUT2D eigenvalue weighted by Crippen LogP contribution is -2.75. The lowest BCUT2D eigenvalue weighted by Gasteiger charge is -2.55. The highest BCUT2D eigenvalue weighted by Gasteiger charge is 2.83. The summed E-state index contributed by atoms with van der Waals surface area (Å²) in [5.41, 5.74) is -2.13. The topological polar surface area (TPSA) is 82.1 Å². The van der Waals surface area contributed by atoms with Crippen LogP contribution in [0.2, 0.25) is 11.1 Å². The summed E-state index contributed by atoms with van der Waals surface area (Å²) in [4.78, 5) is 38.9. The molecule has 0 aromatic carbocycles. The summed E-state index contributed by atoms with van der Waals surface area (Å²) in [6, 6.07) is 0. The van der Waals surface area contributed by atoms with Crippen molar-refractivity contribution in [2.75, 3.05) is 13.7 Å². The van der Waals surface area contributed by atoms with Crippen molar-refractivity contribution in [3.05, 3.63) is 0 Å². The first-order chi connectivity index (χ1) is 12.5. The van der Waals surface area contributed by atoms with Gasteiger partial charge in [-0.3, -0.25) is 4.79 Å². The number of ether oxygens (including phenoxy) is 1. The van der Waals surface area contributed by atoms with Crippen LogP contribution >= 0.6 is 0 Å². The minimum atomic E-state index is -2.76. The Morgan fingerprint density at radius 3 is 2.33 bits per heavy atom. The van der Waals surface area contributed by atoms with Gasteiger partial charge in [0.05, 0.1) is 12.5 Å². The summed E-state index contributed by atoms with van der Waals surface area (Å²) < 4.78 is 19.1. The summed E-state index contributed by atoms with van der Waals surface area (Å²) >= 11 is 0. The highest BCUT2D eigenvalue weighted by molar-refractivity contribution is 6.70. The summed E-state index contributed by atoms with van der Waals surface area (Å²) in [5.74, 6) is -1.48. The first-order valence-corrected chi connectivity index (χ1v) is 11.8. The van der Waals surface area contributed by atoms with Gasteiger partial charge < -0.3 is 23.3 Å². The van der Waals surface area contributed by atoms with Gasteiger partial charge in [0.2, 0.25) is 5.91 Å². The van der Waals surface area contributed by atoms with Crippen molar-refractivity contribution in [2.45, 2.75) is 76.3 Å². The molecule has 0 aromatic rings. The summed E-state index contributed by atoms with van der Waals surface area (Å²) in [6.07, 6.45) is 0.538. The molecule has 0 bridgehead atoms. The molecule has 0 N–H and O–H groups in total. The molecular formula is C19H31NO6Si. The number of hydrogen-bond acceptors (Lipinski definition) is 6. The Bertz CT molecular complexity index is 659. The van der Waals surface area contributed by atoms with Crippen molar-refractivity contribution in [1.29, 1.82) is 0 Å². The van der Waals surface area contributed by atoms with E-state index >= 15 is 0 Å². The zero-order chi connectivity index (χ0) is 20.4. The number of amides is 1. The number of nitrogens with zero attached hydrogens (tertiary/aromatic N) is 1. The second kappa shape index (κ2) is 6.39. The third kappa shape index (κ3) is 2.29. The van der Waals surface area contributed by atoms with Gasteiger partial charge in [0, 0.05) is 13.0 Å². The minimum Gasteiger partial charge on any atom is -0.457 e.